The molecule has 0 bridgehead atoms. The molecule has 1 fully saturated rings. The van der Waals surface area contributed by atoms with Gasteiger partial charge in [0, 0.05) is 49.7 Å². The molecule has 1 saturated heterocycles. The SMILES string of the molecule is Cc1nc(N2CCCC2)nc(NCCc2ncc[nH]2)c1C. The fraction of sp³-hybridized carbons (Fsp3) is 0.533. The van der Waals surface area contributed by atoms with E-state index in [2.05, 4.69) is 32.1 Å². The summed E-state index contributed by atoms with van der Waals surface area (Å²) in [7, 11) is 0. The molecule has 3 heterocycles. The van der Waals surface area contributed by atoms with Crippen LogP contribution in [0.1, 0.15) is 29.9 Å². The van der Waals surface area contributed by atoms with Crippen molar-refractivity contribution in [3.8, 4) is 0 Å². The zero-order chi connectivity index (χ0) is 14.7. The van der Waals surface area contributed by atoms with Crippen molar-refractivity contribution in [1.29, 1.82) is 0 Å². The molecule has 0 spiro atoms. The zero-order valence-electron chi connectivity index (χ0n) is 12.7. The van der Waals surface area contributed by atoms with E-state index < -0.39 is 0 Å². The van der Waals surface area contributed by atoms with E-state index in [-0.39, 0.29) is 0 Å². The van der Waals surface area contributed by atoms with Gasteiger partial charge in [-0.1, -0.05) is 0 Å². The Morgan fingerprint density at radius 1 is 1.24 bits per heavy atom. The molecule has 0 amide bonds. The number of aromatic amines is 1. The molecule has 21 heavy (non-hydrogen) atoms. The van der Waals surface area contributed by atoms with Crippen LogP contribution in [-0.2, 0) is 6.42 Å². The first-order valence-corrected chi connectivity index (χ1v) is 7.56. The summed E-state index contributed by atoms with van der Waals surface area (Å²) in [6.07, 6.45) is 6.95. The monoisotopic (exact) mass is 286 g/mol. The van der Waals surface area contributed by atoms with Gasteiger partial charge in [-0.15, -0.1) is 0 Å². The minimum absolute atomic E-state index is 0.810. The Labute approximate surface area is 125 Å². The third-order valence-corrected chi connectivity index (χ3v) is 3.98. The number of hydrogen-bond acceptors (Lipinski definition) is 5. The van der Waals surface area contributed by atoms with E-state index in [1.807, 2.05) is 13.1 Å². The van der Waals surface area contributed by atoms with E-state index in [1.54, 1.807) is 6.20 Å². The van der Waals surface area contributed by atoms with Gasteiger partial charge in [0.25, 0.3) is 0 Å². The van der Waals surface area contributed by atoms with Crippen LogP contribution in [0.4, 0.5) is 11.8 Å². The van der Waals surface area contributed by atoms with Crippen LogP contribution in [0.15, 0.2) is 12.4 Å². The van der Waals surface area contributed by atoms with Crippen LogP contribution in [-0.4, -0.2) is 39.6 Å². The first-order valence-electron chi connectivity index (χ1n) is 7.56. The van der Waals surface area contributed by atoms with Gasteiger partial charge in [-0.3, -0.25) is 0 Å². The van der Waals surface area contributed by atoms with Crippen molar-refractivity contribution < 1.29 is 0 Å². The van der Waals surface area contributed by atoms with E-state index in [0.717, 1.165) is 54.9 Å². The maximum absolute atomic E-state index is 4.71. The molecule has 0 atom stereocenters. The summed E-state index contributed by atoms with van der Waals surface area (Å²) in [6.45, 7) is 7.06. The number of aromatic nitrogens is 4. The maximum atomic E-state index is 4.71. The van der Waals surface area contributed by atoms with Crippen molar-refractivity contribution in [1.82, 2.24) is 19.9 Å². The fourth-order valence-corrected chi connectivity index (χ4v) is 2.58. The second kappa shape index (κ2) is 6.11. The molecule has 2 N–H and O–H groups in total. The van der Waals surface area contributed by atoms with Crippen molar-refractivity contribution >= 4 is 11.8 Å². The fourth-order valence-electron chi connectivity index (χ4n) is 2.58. The second-order valence-electron chi connectivity index (χ2n) is 5.49. The van der Waals surface area contributed by atoms with E-state index in [1.165, 1.54) is 12.8 Å². The van der Waals surface area contributed by atoms with Gasteiger partial charge < -0.3 is 15.2 Å². The molecular formula is C15H22N6. The van der Waals surface area contributed by atoms with Crippen LogP contribution in [0.5, 0.6) is 0 Å². The van der Waals surface area contributed by atoms with Gasteiger partial charge in [0.2, 0.25) is 5.95 Å². The Morgan fingerprint density at radius 3 is 2.76 bits per heavy atom. The average molecular weight is 286 g/mol. The first kappa shape index (κ1) is 13.9. The van der Waals surface area contributed by atoms with Crippen LogP contribution >= 0.6 is 0 Å². The molecule has 2 aromatic heterocycles. The quantitative estimate of drug-likeness (QED) is 0.880. The molecule has 6 heteroatoms. The lowest BCUT2D eigenvalue weighted by Crippen LogP contribution is -2.22. The summed E-state index contributed by atoms with van der Waals surface area (Å²) in [5.74, 6) is 2.79. The van der Waals surface area contributed by atoms with Gasteiger partial charge in [0.1, 0.15) is 11.6 Å². The number of hydrogen-bond donors (Lipinski definition) is 2. The minimum Gasteiger partial charge on any atom is -0.369 e. The van der Waals surface area contributed by atoms with E-state index >= 15 is 0 Å². The predicted molar refractivity (Wildman–Crippen MR) is 83.7 cm³/mol. The van der Waals surface area contributed by atoms with E-state index in [0.29, 0.717) is 0 Å². The molecular weight excluding hydrogens is 264 g/mol. The van der Waals surface area contributed by atoms with Gasteiger partial charge in [-0.05, 0) is 26.7 Å². The maximum Gasteiger partial charge on any atom is 0.227 e. The van der Waals surface area contributed by atoms with Crippen LogP contribution in [0.3, 0.4) is 0 Å². The smallest absolute Gasteiger partial charge is 0.227 e. The Hall–Kier alpha value is -2.11. The average Bonchev–Trinajstić information content (AvgIpc) is 3.16. The third-order valence-electron chi connectivity index (χ3n) is 3.98. The Kier molecular flexibility index (Phi) is 4.03. The van der Waals surface area contributed by atoms with Crippen molar-refractivity contribution in [2.24, 2.45) is 0 Å². The van der Waals surface area contributed by atoms with E-state index in [9.17, 15) is 0 Å². The standard InChI is InChI=1S/C15H22N6/c1-11-12(2)19-15(21-9-3-4-10-21)20-14(11)18-6-5-13-16-7-8-17-13/h7-8H,3-6,9-10H2,1-2H3,(H,16,17)(H,18,19,20). The Morgan fingerprint density at radius 2 is 2.05 bits per heavy atom. The predicted octanol–water partition coefficient (Wildman–Crippen LogP) is 2.07. The number of nitrogens with one attached hydrogen (secondary N) is 2. The summed E-state index contributed by atoms with van der Waals surface area (Å²) in [5.41, 5.74) is 2.17. The summed E-state index contributed by atoms with van der Waals surface area (Å²) in [5, 5.41) is 3.42. The van der Waals surface area contributed by atoms with Gasteiger partial charge in [-0.25, -0.2) is 9.97 Å². The van der Waals surface area contributed by atoms with Gasteiger partial charge in [-0.2, -0.15) is 4.98 Å². The van der Waals surface area contributed by atoms with Gasteiger partial charge in [0.15, 0.2) is 0 Å². The number of anilines is 2. The molecule has 0 aliphatic carbocycles. The van der Waals surface area contributed by atoms with Crippen molar-refractivity contribution in [3.05, 3.63) is 29.5 Å². The topological polar surface area (TPSA) is 69.7 Å². The van der Waals surface area contributed by atoms with Crippen LogP contribution in [0.2, 0.25) is 0 Å². The Bertz CT molecular complexity index is 586. The molecule has 0 aromatic carbocycles. The van der Waals surface area contributed by atoms with Gasteiger partial charge in [0.05, 0.1) is 0 Å². The number of H-pyrrole nitrogens is 1. The first-order chi connectivity index (χ1) is 10.2. The number of imidazole rings is 1. The minimum atomic E-state index is 0.810. The lowest BCUT2D eigenvalue weighted by molar-refractivity contribution is 0.872. The lowest BCUT2D eigenvalue weighted by atomic mass is 10.2. The number of nitrogens with zero attached hydrogens (tertiary/aromatic N) is 4. The molecule has 112 valence electrons. The highest BCUT2D eigenvalue weighted by atomic mass is 15.3. The molecule has 1 aliphatic heterocycles. The summed E-state index contributed by atoms with van der Waals surface area (Å²) in [6, 6.07) is 0. The molecule has 1 aliphatic rings. The highest BCUT2D eigenvalue weighted by Crippen LogP contribution is 2.22. The van der Waals surface area contributed by atoms with Crippen molar-refractivity contribution in [2.75, 3.05) is 29.9 Å². The third kappa shape index (κ3) is 3.15. The van der Waals surface area contributed by atoms with Gasteiger partial charge >= 0.3 is 0 Å². The molecule has 0 saturated carbocycles. The van der Waals surface area contributed by atoms with Crippen LogP contribution in [0.25, 0.3) is 0 Å². The molecule has 0 radical (unpaired) electrons. The Balaban J connectivity index is 1.70. The highest BCUT2D eigenvalue weighted by Gasteiger charge is 2.17. The summed E-state index contributed by atoms with van der Waals surface area (Å²) in [4.78, 5) is 18.9. The molecule has 0 unspecified atom stereocenters. The molecule has 2 aromatic rings. The normalized spacial score (nSPS) is 14.7. The largest absolute Gasteiger partial charge is 0.369 e. The summed E-state index contributed by atoms with van der Waals surface area (Å²) < 4.78 is 0. The summed E-state index contributed by atoms with van der Waals surface area (Å²) >= 11 is 0. The van der Waals surface area contributed by atoms with Crippen LogP contribution < -0.4 is 10.2 Å². The van der Waals surface area contributed by atoms with Crippen molar-refractivity contribution in [2.45, 2.75) is 33.1 Å². The number of aryl methyl sites for hydroxylation is 1. The van der Waals surface area contributed by atoms with Crippen molar-refractivity contribution in [3.63, 3.8) is 0 Å². The highest BCUT2D eigenvalue weighted by molar-refractivity contribution is 5.50. The molecule has 3 rings (SSSR count). The van der Waals surface area contributed by atoms with Crippen LogP contribution in [0, 0.1) is 13.8 Å². The van der Waals surface area contributed by atoms with E-state index in [4.69, 9.17) is 4.98 Å². The zero-order valence-corrected chi connectivity index (χ0v) is 12.7. The molecule has 6 nitrogen and oxygen atoms in total. The lowest BCUT2D eigenvalue weighted by Gasteiger charge is -2.18. The number of rotatable bonds is 5. The second-order valence-corrected chi connectivity index (χ2v) is 5.49.